The third-order valence-corrected chi connectivity index (χ3v) is 7.67. The highest BCUT2D eigenvalue weighted by Crippen LogP contribution is 2.57. The largest absolute Gasteiger partial charge is 0.444 e. The zero-order valence-electron chi connectivity index (χ0n) is 19.2. The summed E-state index contributed by atoms with van der Waals surface area (Å²) < 4.78 is 11.7. The van der Waals surface area contributed by atoms with Crippen molar-refractivity contribution in [1.29, 1.82) is 0 Å². The van der Waals surface area contributed by atoms with Crippen LogP contribution in [-0.4, -0.2) is 61.3 Å². The van der Waals surface area contributed by atoms with E-state index in [1.165, 1.54) is 32.1 Å². The molecule has 1 aromatic heterocycles. The highest BCUT2D eigenvalue weighted by Gasteiger charge is 2.59. The number of nitrogens with one attached hydrogen (secondary N) is 2. The smallest absolute Gasteiger partial charge is 0.208 e. The van der Waals surface area contributed by atoms with E-state index in [9.17, 15) is 0 Å². The fourth-order valence-electron chi connectivity index (χ4n) is 5.39. The van der Waals surface area contributed by atoms with Crippen molar-refractivity contribution in [2.45, 2.75) is 78.0 Å². The molecule has 1 spiro atoms. The summed E-state index contributed by atoms with van der Waals surface area (Å²) in [5.41, 5.74) is 1.36. The molecule has 2 unspecified atom stereocenters. The molecule has 0 radical (unpaired) electrons. The summed E-state index contributed by atoms with van der Waals surface area (Å²) in [5.74, 6) is 3.42. The lowest BCUT2D eigenvalue weighted by atomic mass is 9.51. The quantitative estimate of drug-likeness (QED) is 0.525. The summed E-state index contributed by atoms with van der Waals surface area (Å²) in [5, 5.41) is 7.30. The number of aryl methyl sites for hydroxylation is 2. The van der Waals surface area contributed by atoms with Gasteiger partial charge in [0, 0.05) is 31.7 Å². The molecule has 168 valence electrons. The van der Waals surface area contributed by atoms with Gasteiger partial charge in [0.05, 0.1) is 18.3 Å². The SMILES string of the molecule is CCOC1CC(NC(=NC)NCC2CCN(Cc3nc(C)c(C)o3)CC2)C12CCC2. The van der Waals surface area contributed by atoms with Gasteiger partial charge in [-0.05, 0) is 71.9 Å². The third kappa shape index (κ3) is 4.37. The van der Waals surface area contributed by atoms with Crippen molar-refractivity contribution >= 4 is 5.96 Å². The van der Waals surface area contributed by atoms with Gasteiger partial charge in [0.15, 0.2) is 5.96 Å². The Labute approximate surface area is 181 Å². The number of hydrogen-bond acceptors (Lipinski definition) is 5. The average molecular weight is 418 g/mol. The van der Waals surface area contributed by atoms with Gasteiger partial charge in [0.2, 0.25) is 5.89 Å². The highest BCUT2D eigenvalue weighted by atomic mass is 16.5. The predicted molar refractivity (Wildman–Crippen MR) is 119 cm³/mol. The van der Waals surface area contributed by atoms with E-state index in [0.717, 1.165) is 62.5 Å². The summed E-state index contributed by atoms with van der Waals surface area (Å²) in [7, 11) is 1.88. The maximum atomic E-state index is 5.98. The molecule has 2 atom stereocenters. The van der Waals surface area contributed by atoms with Crippen LogP contribution in [0.4, 0.5) is 0 Å². The van der Waals surface area contributed by atoms with Gasteiger partial charge in [-0.15, -0.1) is 0 Å². The number of piperidine rings is 1. The first-order chi connectivity index (χ1) is 14.5. The fraction of sp³-hybridized carbons (Fsp3) is 0.826. The van der Waals surface area contributed by atoms with Crippen molar-refractivity contribution < 1.29 is 9.15 Å². The zero-order valence-corrected chi connectivity index (χ0v) is 19.2. The van der Waals surface area contributed by atoms with Crippen LogP contribution in [0.2, 0.25) is 0 Å². The summed E-state index contributed by atoms with van der Waals surface area (Å²) in [4.78, 5) is 11.5. The van der Waals surface area contributed by atoms with Crippen LogP contribution < -0.4 is 10.6 Å². The van der Waals surface area contributed by atoms with Crippen LogP contribution in [-0.2, 0) is 11.3 Å². The number of hydrogen-bond donors (Lipinski definition) is 2. The molecule has 1 aromatic rings. The van der Waals surface area contributed by atoms with Gasteiger partial charge in [-0.3, -0.25) is 9.89 Å². The standard InChI is InChI=1S/C23H39N5O2/c1-5-29-20-13-19(23(20)9-6-10-23)27-22(24-4)25-14-18-7-11-28(12-8-18)15-21-26-16(2)17(3)30-21/h18-20H,5-15H2,1-4H3,(H2,24,25,27). The van der Waals surface area contributed by atoms with Crippen LogP contribution >= 0.6 is 0 Å². The normalized spacial score (nSPS) is 27.0. The second-order valence-corrected chi connectivity index (χ2v) is 9.39. The van der Waals surface area contributed by atoms with E-state index in [-0.39, 0.29) is 0 Å². The molecule has 0 amide bonds. The van der Waals surface area contributed by atoms with Crippen molar-refractivity contribution in [3.05, 3.63) is 17.3 Å². The molecule has 3 fully saturated rings. The fourth-order valence-corrected chi connectivity index (χ4v) is 5.39. The molecule has 7 heteroatoms. The van der Waals surface area contributed by atoms with Crippen molar-refractivity contribution in [3.8, 4) is 0 Å². The van der Waals surface area contributed by atoms with E-state index in [4.69, 9.17) is 9.15 Å². The van der Waals surface area contributed by atoms with Crippen LogP contribution in [0.1, 0.15) is 62.8 Å². The third-order valence-electron chi connectivity index (χ3n) is 7.67. The first-order valence-corrected chi connectivity index (χ1v) is 11.8. The van der Waals surface area contributed by atoms with Gasteiger partial charge < -0.3 is 19.8 Å². The molecule has 1 saturated heterocycles. The Hall–Kier alpha value is -1.60. The van der Waals surface area contributed by atoms with E-state index in [2.05, 4.69) is 32.4 Å². The lowest BCUT2D eigenvalue weighted by molar-refractivity contribution is -0.168. The number of aromatic nitrogens is 1. The lowest BCUT2D eigenvalue weighted by Crippen LogP contribution is -2.68. The van der Waals surface area contributed by atoms with Crippen LogP contribution in [0.15, 0.2) is 9.41 Å². The van der Waals surface area contributed by atoms with Gasteiger partial charge >= 0.3 is 0 Å². The number of likely N-dealkylation sites (tertiary alicyclic amines) is 1. The summed E-state index contributed by atoms with van der Waals surface area (Å²) in [6.07, 6.45) is 7.84. The maximum Gasteiger partial charge on any atom is 0.208 e. The Morgan fingerprint density at radius 3 is 2.63 bits per heavy atom. The zero-order chi connectivity index (χ0) is 21.1. The minimum atomic E-state index is 0.357. The molecular weight excluding hydrogens is 378 g/mol. The second-order valence-electron chi connectivity index (χ2n) is 9.39. The minimum Gasteiger partial charge on any atom is -0.444 e. The Morgan fingerprint density at radius 2 is 2.07 bits per heavy atom. The van der Waals surface area contributed by atoms with Gasteiger partial charge in [-0.1, -0.05) is 6.42 Å². The number of guanidine groups is 1. The molecule has 3 aliphatic rings. The van der Waals surface area contributed by atoms with E-state index in [0.29, 0.717) is 23.5 Å². The predicted octanol–water partition coefficient (Wildman–Crippen LogP) is 3.02. The van der Waals surface area contributed by atoms with Gasteiger partial charge in [0.1, 0.15) is 5.76 Å². The first kappa shape index (κ1) is 21.6. The summed E-state index contributed by atoms with van der Waals surface area (Å²) in [6.45, 7) is 10.9. The van der Waals surface area contributed by atoms with E-state index < -0.39 is 0 Å². The Bertz CT molecular complexity index is 714. The van der Waals surface area contributed by atoms with Crippen molar-refractivity contribution in [2.75, 3.05) is 33.3 Å². The van der Waals surface area contributed by atoms with Crippen molar-refractivity contribution in [3.63, 3.8) is 0 Å². The van der Waals surface area contributed by atoms with E-state index in [1.807, 2.05) is 20.9 Å². The van der Waals surface area contributed by atoms with Crippen molar-refractivity contribution in [2.24, 2.45) is 16.3 Å². The number of rotatable bonds is 7. The molecule has 30 heavy (non-hydrogen) atoms. The average Bonchev–Trinajstić information content (AvgIpc) is 3.00. The Kier molecular flexibility index (Phi) is 6.68. The molecule has 1 aliphatic heterocycles. The summed E-state index contributed by atoms with van der Waals surface area (Å²) >= 11 is 0. The molecule has 4 rings (SSSR count). The number of oxazole rings is 1. The molecule has 0 bridgehead atoms. The topological polar surface area (TPSA) is 74.9 Å². The Balaban J connectivity index is 1.18. The second kappa shape index (κ2) is 9.27. The maximum absolute atomic E-state index is 5.98. The van der Waals surface area contributed by atoms with Gasteiger partial charge in [-0.25, -0.2) is 4.98 Å². The number of ether oxygens (including phenoxy) is 1. The molecule has 2 N–H and O–H groups in total. The minimum absolute atomic E-state index is 0.357. The van der Waals surface area contributed by atoms with Gasteiger partial charge in [0.25, 0.3) is 0 Å². The van der Waals surface area contributed by atoms with Crippen LogP contribution in [0, 0.1) is 25.2 Å². The van der Waals surface area contributed by atoms with E-state index in [1.54, 1.807) is 0 Å². The number of aliphatic imine (C=N–C) groups is 1. The number of nitrogens with zero attached hydrogens (tertiary/aromatic N) is 3. The van der Waals surface area contributed by atoms with Crippen LogP contribution in [0.5, 0.6) is 0 Å². The van der Waals surface area contributed by atoms with Crippen molar-refractivity contribution in [1.82, 2.24) is 20.5 Å². The molecule has 7 nitrogen and oxygen atoms in total. The molecular formula is C23H39N5O2. The van der Waals surface area contributed by atoms with Crippen LogP contribution in [0.3, 0.4) is 0 Å². The lowest BCUT2D eigenvalue weighted by Gasteiger charge is -2.61. The highest BCUT2D eigenvalue weighted by molar-refractivity contribution is 5.80. The van der Waals surface area contributed by atoms with Crippen LogP contribution in [0.25, 0.3) is 0 Å². The Morgan fingerprint density at radius 1 is 1.30 bits per heavy atom. The summed E-state index contributed by atoms with van der Waals surface area (Å²) in [6, 6.07) is 0.503. The molecule has 2 aliphatic carbocycles. The molecule has 2 heterocycles. The first-order valence-electron chi connectivity index (χ1n) is 11.8. The van der Waals surface area contributed by atoms with Gasteiger partial charge in [-0.2, -0.15) is 0 Å². The molecule has 2 saturated carbocycles. The monoisotopic (exact) mass is 417 g/mol. The van der Waals surface area contributed by atoms with E-state index >= 15 is 0 Å². The molecule has 0 aromatic carbocycles.